The number of hydrogen-bond acceptors (Lipinski definition) is 3. The lowest BCUT2D eigenvalue weighted by atomic mass is 10.1. The molecule has 0 aromatic heterocycles. The number of nitrogens with one attached hydrogen (secondary N) is 3. The van der Waals surface area contributed by atoms with Crippen LogP contribution in [0, 0.1) is 5.41 Å². The molecule has 0 aliphatic rings. The summed E-state index contributed by atoms with van der Waals surface area (Å²) in [6, 6.07) is 7.31. The molecule has 0 aliphatic carbocycles. The Labute approximate surface area is 113 Å². The van der Waals surface area contributed by atoms with Crippen LogP contribution in [0.25, 0.3) is 0 Å². The third kappa shape index (κ3) is 5.25. The highest BCUT2D eigenvalue weighted by Crippen LogP contribution is 2.11. The molecule has 1 aromatic carbocycles. The van der Waals surface area contributed by atoms with Crippen molar-refractivity contribution in [3.05, 3.63) is 41.7 Å². The fourth-order valence-corrected chi connectivity index (χ4v) is 1.55. The van der Waals surface area contributed by atoms with E-state index in [1.165, 1.54) is 18.2 Å². The number of aryl methyl sites for hydroxylation is 1. The second-order valence-electron chi connectivity index (χ2n) is 4.15. The van der Waals surface area contributed by atoms with Gasteiger partial charge in [0.15, 0.2) is 0 Å². The molecular weight excluding hydrogens is 240 g/mol. The minimum absolute atomic E-state index is 0.247. The molecule has 0 fully saturated rings. The van der Waals surface area contributed by atoms with Gasteiger partial charge in [-0.1, -0.05) is 25.5 Å². The van der Waals surface area contributed by atoms with Crippen molar-refractivity contribution in [1.82, 2.24) is 5.32 Å². The number of allylic oxidation sites excluding steroid dienone is 1. The van der Waals surface area contributed by atoms with Crippen molar-refractivity contribution in [2.24, 2.45) is 5.73 Å². The van der Waals surface area contributed by atoms with Crippen LogP contribution in [0.2, 0.25) is 0 Å². The molecule has 5 nitrogen and oxygen atoms in total. The van der Waals surface area contributed by atoms with Crippen LogP contribution in [-0.2, 0) is 6.42 Å². The molecule has 0 radical (unpaired) electrons. The number of rotatable bonds is 6. The number of unbranched alkanes of at least 4 members (excludes halogenated alkanes) is 1. The SMILES string of the molecule is CCCCc1ccc(NC(=O)N/C(C=N)=C/N)cc1. The summed E-state index contributed by atoms with van der Waals surface area (Å²) in [5, 5.41) is 12.1. The van der Waals surface area contributed by atoms with Crippen LogP contribution in [0.5, 0.6) is 0 Å². The van der Waals surface area contributed by atoms with Gasteiger partial charge in [0.1, 0.15) is 0 Å². The Kier molecular flexibility index (Phi) is 6.15. The van der Waals surface area contributed by atoms with E-state index in [9.17, 15) is 4.79 Å². The minimum Gasteiger partial charge on any atom is -0.403 e. The summed E-state index contributed by atoms with van der Waals surface area (Å²) in [5.74, 6) is 0. The summed E-state index contributed by atoms with van der Waals surface area (Å²) in [7, 11) is 0. The molecule has 0 saturated carbocycles. The number of anilines is 1. The highest BCUT2D eigenvalue weighted by molar-refractivity contribution is 5.94. The van der Waals surface area contributed by atoms with Crippen LogP contribution in [0.15, 0.2) is 36.2 Å². The maximum atomic E-state index is 11.6. The second-order valence-corrected chi connectivity index (χ2v) is 4.15. The summed E-state index contributed by atoms with van der Waals surface area (Å²) < 4.78 is 0. The quantitative estimate of drug-likeness (QED) is 0.592. The second kappa shape index (κ2) is 7.92. The van der Waals surface area contributed by atoms with Gasteiger partial charge < -0.3 is 21.8 Å². The van der Waals surface area contributed by atoms with E-state index in [0.717, 1.165) is 19.1 Å². The average molecular weight is 260 g/mol. The molecule has 0 atom stereocenters. The van der Waals surface area contributed by atoms with Gasteiger partial charge in [-0.05, 0) is 30.5 Å². The fraction of sp³-hybridized carbons (Fsp3) is 0.286. The highest BCUT2D eigenvalue weighted by Gasteiger charge is 2.02. The average Bonchev–Trinajstić information content (AvgIpc) is 2.44. The molecule has 19 heavy (non-hydrogen) atoms. The molecule has 0 spiro atoms. The van der Waals surface area contributed by atoms with Crippen molar-refractivity contribution < 1.29 is 4.79 Å². The van der Waals surface area contributed by atoms with Gasteiger partial charge in [-0.3, -0.25) is 0 Å². The lowest BCUT2D eigenvalue weighted by molar-refractivity contribution is 0.254. The van der Waals surface area contributed by atoms with Crippen LogP contribution >= 0.6 is 0 Å². The number of urea groups is 1. The molecule has 0 unspecified atom stereocenters. The lowest BCUT2D eigenvalue weighted by Crippen LogP contribution is -2.29. The largest absolute Gasteiger partial charge is 0.403 e. The number of carbonyl (C=O) groups excluding carboxylic acids is 1. The van der Waals surface area contributed by atoms with Gasteiger partial charge in [0.25, 0.3) is 0 Å². The first-order valence-corrected chi connectivity index (χ1v) is 6.29. The third-order valence-corrected chi connectivity index (χ3v) is 2.62. The van der Waals surface area contributed by atoms with E-state index in [2.05, 4.69) is 17.6 Å². The van der Waals surface area contributed by atoms with Crippen molar-refractivity contribution >= 4 is 17.9 Å². The van der Waals surface area contributed by atoms with Gasteiger partial charge in [-0.2, -0.15) is 0 Å². The summed E-state index contributed by atoms with van der Waals surface area (Å²) in [6.45, 7) is 2.16. The Morgan fingerprint density at radius 3 is 2.58 bits per heavy atom. The Hall–Kier alpha value is -2.30. The van der Waals surface area contributed by atoms with E-state index < -0.39 is 6.03 Å². The lowest BCUT2D eigenvalue weighted by Gasteiger charge is -2.08. The maximum absolute atomic E-state index is 11.6. The molecule has 0 aliphatic heterocycles. The number of amides is 2. The van der Waals surface area contributed by atoms with Crippen LogP contribution in [0.4, 0.5) is 10.5 Å². The van der Waals surface area contributed by atoms with Crippen molar-refractivity contribution in [3.8, 4) is 0 Å². The predicted octanol–water partition coefficient (Wildman–Crippen LogP) is 2.60. The molecule has 1 rings (SSSR count). The first-order chi connectivity index (χ1) is 9.19. The van der Waals surface area contributed by atoms with Crippen molar-refractivity contribution in [2.75, 3.05) is 5.32 Å². The zero-order valence-corrected chi connectivity index (χ0v) is 11.1. The van der Waals surface area contributed by atoms with Crippen LogP contribution in [-0.4, -0.2) is 12.2 Å². The monoisotopic (exact) mass is 260 g/mol. The molecule has 0 saturated heterocycles. The van der Waals surface area contributed by atoms with Crippen molar-refractivity contribution in [3.63, 3.8) is 0 Å². The minimum atomic E-state index is -0.415. The zero-order chi connectivity index (χ0) is 14.1. The summed E-state index contributed by atoms with van der Waals surface area (Å²) in [4.78, 5) is 11.6. The van der Waals surface area contributed by atoms with Gasteiger partial charge in [-0.25, -0.2) is 4.79 Å². The Bertz CT molecular complexity index is 451. The van der Waals surface area contributed by atoms with Gasteiger partial charge in [0, 0.05) is 18.1 Å². The van der Waals surface area contributed by atoms with Crippen LogP contribution < -0.4 is 16.4 Å². The standard InChI is InChI=1S/C14H20N4O/c1-2-3-4-11-5-7-12(8-6-11)17-14(19)18-13(9-15)10-16/h5-10,15H,2-4,16H2,1H3,(H2,17,18,19)/b13-10+,15-9?. The van der Waals surface area contributed by atoms with Crippen LogP contribution in [0.3, 0.4) is 0 Å². The van der Waals surface area contributed by atoms with E-state index in [-0.39, 0.29) is 5.70 Å². The normalized spacial score (nSPS) is 10.9. The van der Waals surface area contributed by atoms with Gasteiger partial charge in [0.2, 0.25) is 0 Å². The topological polar surface area (TPSA) is 91.0 Å². The molecule has 0 heterocycles. The first kappa shape index (κ1) is 14.8. The number of nitrogens with two attached hydrogens (primary N) is 1. The summed E-state index contributed by atoms with van der Waals surface area (Å²) in [5.41, 5.74) is 7.45. The fourth-order valence-electron chi connectivity index (χ4n) is 1.55. The maximum Gasteiger partial charge on any atom is 0.323 e. The molecule has 5 N–H and O–H groups in total. The molecule has 1 aromatic rings. The number of hydrogen-bond donors (Lipinski definition) is 4. The Morgan fingerprint density at radius 1 is 1.37 bits per heavy atom. The smallest absolute Gasteiger partial charge is 0.323 e. The summed E-state index contributed by atoms with van der Waals surface area (Å²) in [6.07, 6.45) is 5.53. The highest BCUT2D eigenvalue weighted by atomic mass is 16.2. The molecular formula is C14H20N4O. The van der Waals surface area contributed by atoms with Gasteiger partial charge >= 0.3 is 6.03 Å². The van der Waals surface area contributed by atoms with E-state index in [4.69, 9.17) is 11.1 Å². The third-order valence-electron chi connectivity index (χ3n) is 2.62. The first-order valence-electron chi connectivity index (χ1n) is 6.29. The van der Waals surface area contributed by atoms with E-state index >= 15 is 0 Å². The molecule has 2 amide bonds. The molecule has 5 heteroatoms. The molecule has 102 valence electrons. The van der Waals surface area contributed by atoms with E-state index in [1.807, 2.05) is 24.3 Å². The Morgan fingerprint density at radius 2 is 2.05 bits per heavy atom. The van der Waals surface area contributed by atoms with E-state index in [1.54, 1.807) is 0 Å². The van der Waals surface area contributed by atoms with Gasteiger partial charge in [-0.15, -0.1) is 0 Å². The summed E-state index contributed by atoms with van der Waals surface area (Å²) >= 11 is 0. The Balaban J connectivity index is 2.53. The number of benzene rings is 1. The van der Waals surface area contributed by atoms with E-state index in [0.29, 0.717) is 5.69 Å². The number of carbonyl (C=O) groups is 1. The van der Waals surface area contributed by atoms with Gasteiger partial charge in [0.05, 0.1) is 5.70 Å². The van der Waals surface area contributed by atoms with Crippen molar-refractivity contribution in [2.45, 2.75) is 26.2 Å². The van der Waals surface area contributed by atoms with Crippen LogP contribution in [0.1, 0.15) is 25.3 Å². The molecule has 0 bridgehead atoms. The van der Waals surface area contributed by atoms with Crippen molar-refractivity contribution in [1.29, 1.82) is 5.41 Å². The zero-order valence-electron chi connectivity index (χ0n) is 11.1. The predicted molar refractivity (Wildman–Crippen MR) is 78.3 cm³/mol.